The van der Waals surface area contributed by atoms with E-state index in [9.17, 15) is 13.2 Å². The fourth-order valence-corrected chi connectivity index (χ4v) is 1.20. The highest BCUT2D eigenvalue weighted by atomic mass is 35.5. The van der Waals surface area contributed by atoms with Gasteiger partial charge in [-0.15, -0.1) is 13.2 Å². The summed E-state index contributed by atoms with van der Waals surface area (Å²) in [4.78, 5) is 0. The molecular weight excluding hydrogens is 209 g/mol. The molecule has 1 rings (SSSR count). The Bertz CT molecular complexity index is 257. The zero-order chi connectivity index (χ0) is 10.1. The van der Waals surface area contributed by atoms with Crippen molar-refractivity contribution in [2.24, 2.45) is 0 Å². The summed E-state index contributed by atoms with van der Waals surface area (Å²) in [5, 5.41) is 9.04. The highest BCUT2D eigenvalue weighted by molar-refractivity contribution is 6.31. The van der Waals surface area contributed by atoms with Gasteiger partial charge in [0.1, 0.15) is 5.76 Å². The largest absolute Gasteiger partial charge is 0.572 e. The van der Waals surface area contributed by atoms with Gasteiger partial charge in [0.05, 0.1) is 6.10 Å². The van der Waals surface area contributed by atoms with Gasteiger partial charge in [-0.05, 0) is 12.2 Å². The Morgan fingerprint density at radius 3 is 2.62 bits per heavy atom. The predicted molar refractivity (Wildman–Crippen MR) is 39.8 cm³/mol. The normalized spacial score (nSPS) is 23.6. The zero-order valence-corrected chi connectivity index (χ0v) is 7.06. The van der Waals surface area contributed by atoms with Crippen molar-refractivity contribution in [3.05, 3.63) is 22.9 Å². The first kappa shape index (κ1) is 10.4. The summed E-state index contributed by atoms with van der Waals surface area (Å²) in [5.41, 5.74) is 0. The Labute approximate surface area is 77.3 Å². The lowest BCUT2D eigenvalue weighted by molar-refractivity contribution is -0.307. The second-order valence-electron chi connectivity index (χ2n) is 2.48. The van der Waals surface area contributed by atoms with E-state index in [1.165, 1.54) is 6.08 Å². The van der Waals surface area contributed by atoms with E-state index in [1.807, 2.05) is 0 Å². The van der Waals surface area contributed by atoms with E-state index in [1.54, 1.807) is 0 Å². The van der Waals surface area contributed by atoms with Crippen LogP contribution in [0.1, 0.15) is 6.42 Å². The van der Waals surface area contributed by atoms with Crippen LogP contribution >= 0.6 is 11.6 Å². The van der Waals surface area contributed by atoms with Crippen LogP contribution in [0.25, 0.3) is 0 Å². The van der Waals surface area contributed by atoms with Gasteiger partial charge in [0.2, 0.25) is 0 Å². The third-order valence-electron chi connectivity index (χ3n) is 1.31. The maximum atomic E-state index is 11.7. The summed E-state index contributed by atoms with van der Waals surface area (Å²) in [7, 11) is 0. The molecule has 0 aromatic carbocycles. The van der Waals surface area contributed by atoms with Crippen LogP contribution in [0.15, 0.2) is 22.9 Å². The average Bonchev–Trinajstić information content (AvgIpc) is 1.78. The molecule has 74 valence electrons. The molecule has 0 heterocycles. The topological polar surface area (TPSA) is 29.5 Å². The molecule has 0 aromatic heterocycles. The number of ether oxygens (including phenoxy) is 1. The maximum Gasteiger partial charge on any atom is 0.572 e. The third-order valence-corrected chi connectivity index (χ3v) is 1.54. The van der Waals surface area contributed by atoms with Crippen molar-refractivity contribution in [1.29, 1.82) is 0 Å². The van der Waals surface area contributed by atoms with Gasteiger partial charge in [-0.25, -0.2) is 0 Å². The Kier molecular flexibility index (Phi) is 2.87. The minimum absolute atomic E-state index is 0.0398. The lowest BCUT2D eigenvalue weighted by atomic mass is 10.1. The summed E-state index contributed by atoms with van der Waals surface area (Å²) < 4.78 is 38.7. The fourth-order valence-electron chi connectivity index (χ4n) is 0.929. The Morgan fingerprint density at radius 1 is 1.54 bits per heavy atom. The van der Waals surface area contributed by atoms with Gasteiger partial charge in [0.25, 0.3) is 0 Å². The van der Waals surface area contributed by atoms with Gasteiger partial charge < -0.3 is 9.84 Å². The number of hydrogen-bond acceptors (Lipinski definition) is 2. The number of hydrogen-bond donors (Lipinski definition) is 1. The van der Waals surface area contributed by atoms with E-state index in [0.717, 1.165) is 6.08 Å². The molecule has 1 unspecified atom stereocenters. The van der Waals surface area contributed by atoms with Crippen molar-refractivity contribution in [3.63, 3.8) is 0 Å². The molecule has 0 aliphatic heterocycles. The summed E-state index contributed by atoms with van der Waals surface area (Å²) >= 11 is 5.41. The number of aliphatic hydroxyl groups is 1. The van der Waals surface area contributed by atoms with E-state index >= 15 is 0 Å². The molecule has 0 amide bonds. The van der Waals surface area contributed by atoms with E-state index < -0.39 is 12.5 Å². The second kappa shape index (κ2) is 3.59. The van der Waals surface area contributed by atoms with Gasteiger partial charge >= 0.3 is 6.36 Å². The molecular formula is C7H6ClF3O2. The molecule has 0 saturated carbocycles. The zero-order valence-electron chi connectivity index (χ0n) is 6.31. The van der Waals surface area contributed by atoms with E-state index in [2.05, 4.69) is 4.74 Å². The third kappa shape index (κ3) is 3.69. The molecule has 0 saturated heterocycles. The lowest BCUT2D eigenvalue weighted by Gasteiger charge is -2.17. The highest BCUT2D eigenvalue weighted by Gasteiger charge is 2.33. The molecule has 0 radical (unpaired) electrons. The summed E-state index contributed by atoms with van der Waals surface area (Å²) in [6, 6.07) is 0. The number of rotatable bonds is 1. The SMILES string of the molecule is OC1C=C(Cl)C=C(OC(F)(F)F)C1. The van der Waals surface area contributed by atoms with Crippen LogP contribution in [-0.2, 0) is 4.74 Å². The highest BCUT2D eigenvalue weighted by Crippen LogP contribution is 2.27. The van der Waals surface area contributed by atoms with Crippen LogP contribution in [0.4, 0.5) is 13.2 Å². The van der Waals surface area contributed by atoms with Crippen molar-refractivity contribution in [3.8, 4) is 0 Å². The van der Waals surface area contributed by atoms with Crippen molar-refractivity contribution < 1.29 is 23.0 Å². The summed E-state index contributed by atoms with van der Waals surface area (Å²) in [6.45, 7) is 0. The van der Waals surface area contributed by atoms with Crippen LogP contribution in [-0.4, -0.2) is 17.6 Å². The number of allylic oxidation sites excluding steroid dienone is 2. The summed E-state index contributed by atoms with van der Waals surface area (Å²) in [5.74, 6) is -0.382. The van der Waals surface area contributed by atoms with Crippen LogP contribution in [0.3, 0.4) is 0 Å². The Morgan fingerprint density at radius 2 is 2.15 bits per heavy atom. The first-order chi connectivity index (χ1) is 5.87. The Balaban J connectivity index is 2.67. The molecule has 1 atom stereocenters. The molecule has 13 heavy (non-hydrogen) atoms. The number of alkyl halides is 3. The summed E-state index contributed by atoms with van der Waals surface area (Å²) in [6.07, 6.45) is -3.70. The number of aliphatic hydroxyl groups excluding tert-OH is 1. The van der Waals surface area contributed by atoms with E-state index in [-0.39, 0.29) is 17.2 Å². The molecule has 0 fully saturated rings. The Hall–Kier alpha value is -0.680. The molecule has 0 aromatic rings. The smallest absolute Gasteiger partial charge is 0.410 e. The van der Waals surface area contributed by atoms with Crippen molar-refractivity contribution in [2.75, 3.05) is 0 Å². The van der Waals surface area contributed by atoms with Crippen molar-refractivity contribution in [2.45, 2.75) is 18.9 Å². The van der Waals surface area contributed by atoms with Gasteiger partial charge in [0, 0.05) is 11.5 Å². The average molecular weight is 215 g/mol. The maximum absolute atomic E-state index is 11.7. The molecule has 0 bridgehead atoms. The first-order valence-electron chi connectivity index (χ1n) is 3.38. The van der Waals surface area contributed by atoms with Crippen LogP contribution < -0.4 is 0 Å². The minimum atomic E-state index is -4.74. The van der Waals surface area contributed by atoms with Gasteiger partial charge in [-0.1, -0.05) is 11.6 Å². The molecule has 1 aliphatic carbocycles. The van der Waals surface area contributed by atoms with Crippen LogP contribution in [0.2, 0.25) is 0 Å². The molecule has 2 nitrogen and oxygen atoms in total. The van der Waals surface area contributed by atoms with E-state index in [0.29, 0.717) is 0 Å². The molecule has 1 aliphatic rings. The van der Waals surface area contributed by atoms with E-state index in [4.69, 9.17) is 16.7 Å². The molecule has 6 heteroatoms. The fraction of sp³-hybridized carbons (Fsp3) is 0.429. The quantitative estimate of drug-likeness (QED) is 0.726. The van der Waals surface area contributed by atoms with Gasteiger partial charge in [0.15, 0.2) is 0 Å². The minimum Gasteiger partial charge on any atom is -0.410 e. The first-order valence-corrected chi connectivity index (χ1v) is 3.76. The van der Waals surface area contributed by atoms with Crippen molar-refractivity contribution >= 4 is 11.6 Å². The molecule has 1 N–H and O–H groups in total. The number of halogens is 4. The second-order valence-corrected chi connectivity index (χ2v) is 2.92. The van der Waals surface area contributed by atoms with Crippen molar-refractivity contribution in [1.82, 2.24) is 0 Å². The predicted octanol–water partition coefficient (Wildman–Crippen LogP) is 2.29. The van der Waals surface area contributed by atoms with Gasteiger partial charge in [-0.3, -0.25) is 0 Å². The monoisotopic (exact) mass is 214 g/mol. The van der Waals surface area contributed by atoms with Crippen LogP contribution in [0, 0.1) is 0 Å². The standard InChI is InChI=1S/C7H6ClF3O2/c8-4-1-5(12)3-6(2-4)13-7(9,10)11/h1-2,5,12H,3H2. The molecule has 0 spiro atoms. The lowest BCUT2D eigenvalue weighted by Crippen LogP contribution is -2.18. The van der Waals surface area contributed by atoms with Gasteiger partial charge in [-0.2, -0.15) is 0 Å². The van der Waals surface area contributed by atoms with Crippen LogP contribution in [0.5, 0.6) is 0 Å².